The highest BCUT2D eigenvalue weighted by Gasteiger charge is 2.30. The summed E-state index contributed by atoms with van der Waals surface area (Å²) in [5, 5.41) is 5.59. The number of nitrogens with one attached hydrogen (secondary N) is 3. The largest absolute Gasteiger partial charge is 0.366 e. The molecule has 15 heavy (non-hydrogen) atoms. The predicted octanol–water partition coefficient (Wildman–Crippen LogP) is -2.48. The molecule has 0 aromatic carbocycles. The number of carbonyl (C=O) groups excluding carboxylic acids is 2. The second kappa shape index (κ2) is 4.56. The second-order valence-corrected chi connectivity index (χ2v) is 3.40. The molecule has 7 nitrogen and oxygen atoms in total. The molecule has 2 aliphatic heterocycles. The zero-order chi connectivity index (χ0) is 10.7. The van der Waals surface area contributed by atoms with Crippen LogP contribution < -0.4 is 16.1 Å². The van der Waals surface area contributed by atoms with Crippen LogP contribution in [0.1, 0.15) is 0 Å². The van der Waals surface area contributed by atoms with Crippen LogP contribution in [0.3, 0.4) is 0 Å². The lowest BCUT2D eigenvalue weighted by Crippen LogP contribution is -2.52. The molecule has 2 amide bonds. The number of amides is 2. The quantitative estimate of drug-likeness (QED) is 0.474. The minimum Gasteiger partial charge on any atom is -0.366 e. The third kappa shape index (κ3) is 2.44. The molecule has 2 atom stereocenters. The number of hydrogen-bond acceptors (Lipinski definition) is 5. The molecule has 0 aromatic rings. The highest BCUT2D eigenvalue weighted by atomic mass is 16.7. The Kier molecular flexibility index (Phi) is 3.14. The molecule has 0 saturated carbocycles. The van der Waals surface area contributed by atoms with Gasteiger partial charge in [-0.1, -0.05) is 0 Å². The van der Waals surface area contributed by atoms with Crippen LogP contribution in [0.15, 0.2) is 0 Å². The lowest BCUT2D eigenvalue weighted by Gasteiger charge is -2.23. The van der Waals surface area contributed by atoms with Gasteiger partial charge in [0.15, 0.2) is 0 Å². The molecule has 3 N–H and O–H groups in total. The van der Waals surface area contributed by atoms with E-state index in [1.54, 1.807) is 0 Å². The number of hydrogen-bond donors (Lipinski definition) is 3. The Bertz CT molecular complexity index is 265. The van der Waals surface area contributed by atoms with Crippen LogP contribution in [-0.2, 0) is 19.2 Å². The lowest BCUT2D eigenvalue weighted by molar-refractivity contribution is -0.137. The zero-order valence-electron chi connectivity index (χ0n) is 8.12. The molecule has 2 fully saturated rings. The molecule has 0 aliphatic carbocycles. The van der Waals surface area contributed by atoms with Crippen molar-refractivity contribution in [2.45, 2.75) is 12.1 Å². The molecule has 0 spiro atoms. The Morgan fingerprint density at radius 1 is 1.53 bits per heavy atom. The summed E-state index contributed by atoms with van der Waals surface area (Å²) >= 11 is 0. The summed E-state index contributed by atoms with van der Waals surface area (Å²) in [6.45, 7) is 1.88. The molecule has 2 aliphatic rings. The minimum atomic E-state index is -0.608. The topological polar surface area (TPSA) is 88.7 Å². The van der Waals surface area contributed by atoms with Gasteiger partial charge in [0.1, 0.15) is 18.8 Å². The van der Waals surface area contributed by atoms with Gasteiger partial charge in [0.25, 0.3) is 11.8 Å². The summed E-state index contributed by atoms with van der Waals surface area (Å²) in [6.07, 6.45) is -0.521. The molecule has 1 unspecified atom stereocenters. The van der Waals surface area contributed by atoms with Crippen LogP contribution in [0, 0.1) is 0 Å². The summed E-state index contributed by atoms with van der Waals surface area (Å²) in [7, 11) is 0. The van der Waals surface area contributed by atoms with E-state index in [0.717, 1.165) is 6.54 Å². The maximum absolute atomic E-state index is 11.6. The SMILES string of the molecule is O=C(N[C@@H]1CONC1=O)C1CNCCO1. The Hall–Kier alpha value is -1.18. The highest BCUT2D eigenvalue weighted by Crippen LogP contribution is 1.99. The van der Waals surface area contributed by atoms with Crippen LogP contribution in [0.2, 0.25) is 0 Å². The molecule has 0 bridgehead atoms. The summed E-state index contributed by atoms with van der Waals surface area (Å²) < 4.78 is 5.24. The van der Waals surface area contributed by atoms with E-state index in [1.807, 2.05) is 0 Å². The van der Waals surface area contributed by atoms with E-state index < -0.39 is 12.1 Å². The first-order chi connectivity index (χ1) is 7.27. The molecular formula is C8H13N3O4. The van der Waals surface area contributed by atoms with Gasteiger partial charge in [-0.25, -0.2) is 5.48 Å². The van der Waals surface area contributed by atoms with E-state index in [9.17, 15) is 9.59 Å². The van der Waals surface area contributed by atoms with Gasteiger partial charge >= 0.3 is 0 Å². The van der Waals surface area contributed by atoms with Crippen LogP contribution in [0.25, 0.3) is 0 Å². The third-order valence-electron chi connectivity index (χ3n) is 2.28. The fourth-order valence-corrected chi connectivity index (χ4v) is 1.45. The van der Waals surface area contributed by atoms with Crippen LogP contribution in [-0.4, -0.2) is 50.3 Å². The highest BCUT2D eigenvalue weighted by molar-refractivity contribution is 5.89. The van der Waals surface area contributed by atoms with Gasteiger partial charge in [-0.05, 0) is 0 Å². The molecule has 0 radical (unpaired) electrons. The maximum Gasteiger partial charge on any atom is 0.268 e. The summed E-state index contributed by atoms with van der Waals surface area (Å²) in [6, 6.07) is -0.608. The fraction of sp³-hybridized carbons (Fsp3) is 0.750. The standard InChI is InChI=1S/C8H13N3O4/c12-7-5(4-15-11-7)10-8(13)6-3-9-1-2-14-6/h5-6,9H,1-4H2,(H,10,13)(H,11,12)/t5-,6?/m1/s1. The molecule has 2 saturated heterocycles. The van der Waals surface area contributed by atoms with Crippen LogP contribution in [0.4, 0.5) is 0 Å². The van der Waals surface area contributed by atoms with Crippen molar-refractivity contribution in [3.63, 3.8) is 0 Å². The predicted molar refractivity (Wildman–Crippen MR) is 48.6 cm³/mol. The number of morpholine rings is 1. The van der Waals surface area contributed by atoms with Gasteiger partial charge in [0, 0.05) is 13.1 Å². The van der Waals surface area contributed by atoms with Crippen molar-refractivity contribution in [2.75, 3.05) is 26.3 Å². The second-order valence-electron chi connectivity index (χ2n) is 3.40. The van der Waals surface area contributed by atoms with Crippen molar-refractivity contribution in [3.8, 4) is 0 Å². The molecule has 84 valence electrons. The maximum atomic E-state index is 11.6. The van der Waals surface area contributed by atoms with Crippen LogP contribution >= 0.6 is 0 Å². The smallest absolute Gasteiger partial charge is 0.268 e. The number of hydroxylamine groups is 1. The summed E-state index contributed by atoms with van der Waals surface area (Å²) in [4.78, 5) is 27.4. The number of carbonyl (C=O) groups is 2. The normalized spacial score (nSPS) is 31.1. The Morgan fingerprint density at radius 3 is 3.00 bits per heavy atom. The van der Waals surface area contributed by atoms with Crippen molar-refractivity contribution < 1.29 is 19.2 Å². The average Bonchev–Trinajstić information content (AvgIpc) is 2.66. The molecule has 7 heteroatoms. The number of ether oxygens (including phenoxy) is 1. The average molecular weight is 215 g/mol. The van der Waals surface area contributed by atoms with Gasteiger partial charge in [-0.2, -0.15) is 0 Å². The van der Waals surface area contributed by atoms with Gasteiger partial charge in [-0.15, -0.1) is 0 Å². The van der Waals surface area contributed by atoms with Crippen molar-refractivity contribution in [3.05, 3.63) is 0 Å². The Labute approximate surface area is 86.4 Å². The summed E-state index contributed by atoms with van der Waals surface area (Å²) in [5.41, 5.74) is 2.17. The van der Waals surface area contributed by atoms with E-state index in [0.29, 0.717) is 13.2 Å². The summed E-state index contributed by atoms with van der Waals surface area (Å²) in [5.74, 6) is -0.611. The Balaban J connectivity index is 1.82. The molecular weight excluding hydrogens is 202 g/mol. The monoisotopic (exact) mass is 215 g/mol. The van der Waals surface area contributed by atoms with Gasteiger partial charge < -0.3 is 15.4 Å². The van der Waals surface area contributed by atoms with E-state index in [4.69, 9.17) is 4.74 Å². The third-order valence-corrected chi connectivity index (χ3v) is 2.28. The number of rotatable bonds is 2. The first-order valence-corrected chi connectivity index (χ1v) is 4.82. The molecule has 2 heterocycles. The van der Waals surface area contributed by atoms with Crippen LogP contribution in [0.5, 0.6) is 0 Å². The first-order valence-electron chi connectivity index (χ1n) is 4.82. The van der Waals surface area contributed by atoms with Crippen molar-refractivity contribution >= 4 is 11.8 Å². The van der Waals surface area contributed by atoms with Crippen molar-refractivity contribution in [1.82, 2.24) is 16.1 Å². The van der Waals surface area contributed by atoms with E-state index in [1.165, 1.54) is 0 Å². The molecule has 2 rings (SSSR count). The van der Waals surface area contributed by atoms with Gasteiger partial charge in [-0.3, -0.25) is 14.4 Å². The van der Waals surface area contributed by atoms with Gasteiger partial charge in [0.2, 0.25) is 0 Å². The fourth-order valence-electron chi connectivity index (χ4n) is 1.45. The molecule has 0 aromatic heterocycles. The van der Waals surface area contributed by atoms with E-state index >= 15 is 0 Å². The Morgan fingerprint density at radius 2 is 2.40 bits per heavy atom. The van der Waals surface area contributed by atoms with Crippen molar-refractivity contribution in [1.29, 1.82) is 0 Å². The van der Waals surface area contributed by atoms with E-state index in [2.05, 4.69) is 21.0 Å². The first kappa shape index (κ1) is 10.3. The van der Waals surface area contributed by atoms with E-state index in [-0.39, 0.29) is 18.4 Å². The van der Waals surface area contributed by atoms with Gasteiger partial charge in [0.05, 0.1) is 6.61 Å². The minimum absolute atomic E-state index is 0.157. The lowest BCUT2D eigenvalue weighted by atomic mass is 10.2. The van der Waals surface area contributed by atoms with Crippen molar-refractivity contribution in [2.24, 2.45) is 0 Å². The zero-order valence-corrected chi connectivity index (χ0v) is 8.12.